The highest BCUT2D eigenvalue weighted by Crippen LogP contribution is 2.25. The third-order valence-electron chi connectivity index (χ3n) is 5.63. The van der Waals surface area contributed by atoms with Gasteiger partial charge < -0.3 is 20.1 Å². The van der Waals surface area contributed by atoms with E-state index in [1.807, 2.05) is 12.1 Å². The number of esters is 1. The Hall–Kier alpha value is -2.41. The van der Waals surface area contributed by atoms with Crippen molar-refractivity contribution in [2.45, 2.75) is 57.7 Å². The number of β-amino-alcohol motifs (C(OH)–C–C–N with tert-alkyl or cyclic N) is 1. The van der Waals surface area contributed by atoms with Crippen LogP contribution in [-0.4, -0.2) is 52.6 Å². The Morgan fingerprint density at radius 2 is 2.00 bits per heavy atom. The van der Waals surface area contributed by atoms with Crippen LogP contribution in [0.1, 0.15) is 55.5 Å². The first-order valence-electron chi connectivity index (χ1n) is 9.84. The Kier molecular flexibility index (Phi) is 6.03. The molecule has 0 aromatic heterocycles. The summed E-state index contributed by atoms with van der Waals surface area (Å²) < 4.78 is 5.03. The Balaban J connectivity index is 1.49. The Morgan fingerprint density at radius 1 is 1.29 bits per heavy atom. The molecular formula is C21H28N2O5. The summed E-state index contributed by atoms with van der Waals surface area (Å²) in [6.45, 7) is 3.10. The molecule has 1 aromatic carbocycles. The molecule has 2 N–H and O–H groups in total. The Labute approximate surface area is 165 Å². The maximum absolute atomic E-state index is 12.4. The second-order valence-corrected chi connectivity index (χ2v) is 8.10. The first-order chi connectivity index (χ1) is 13.3. The smallest absolute Gasteiger partial charge is 0.340 e. The van der Waals surface area contributed by atoms with Gasteiger partial charge in [0.1, 0.15) is 0 Å². The Morgan fingerprint density at radius 3 is 2.71 bits per heavy atom. The van der Waals surface area contributed by atoms with Crippen LogP contribution in [0.25, 0.3) is 0 Å². The molecule has 3 unspecified atom stereocenters. The molecule has 0 bridgehead atoms. The average Bonchev–Trinajstić information content (AvgIpc) is 2.97. The zero-order valence-electron chi connectivity index (χ0n) is 16.4. The van der Waals surface area contributed by atoms with Crippen LogP contribution in [0.5, 0.6) is 0 Å². The van der Waals surface area contributed by atoms with Gasteiger partial charge in [-0.2, -0.15) is 0 Å². The summed E-state index contributed by atoms with van der Waals surface area (Å²) in [5, 5.41) is 13.4. The minimum Gasteiger partial charge on any atom is -0.453 e. The van der Waals surface area contributed by atoms with Gasteiger partial charge in [0.2, 0.25) is 0 Å². The van der Waals surface area contributed by atoms with Gasteiger partial charge in [-0.15, -0.1) is 0 Å². The lowest BCUT2D eigenvalue weighted by molar-refractivity contribution is -0.167. The van der Waals surface area contributed by atoms with E-state index in [-0.39, 0.29) is 24.4 Å². The van der Waals surface area contributed by atoms with Gasteiger partial charge in [-0.05, 0) is 37.3 Å². The van der Waals surface area contributed by atoms with Gasteiger partial charge in [0, 0.05) is 18.2 Å². The summed E-state index contributed by atoms with van der Waals surface area (Å²) in [6, 6.07) is 7.28. The lowest BCUT2D eigenvalue weighted by Gasteiger charge is -2.30. The van der Waals surface area contributed by atoms with E-state index >= 15 is 0 Å². The SMILES string of the molecule is CC1CCCCC1NC(=O)COC(=O)C(C)(O)CN1Cc2ccccc2C1=O. The van der Waals surface area contributed by atoms with Crippen LogP contribution in [-0.2, 0) is 20.9 Å². The van der Waals surface area contributed by atoms with E-state index in [0.29, 0.717) is 18.0 Å². The molecule has 3 atom stereocenters. The predicted octanol–water partition coefficient (Wildman–Crippen LogP) is 1.63. The van der Waals surface area contributed by atoms with Crippen molar-refractivity contribution >= 4 is 17.8 Å². The molecule has 7 nitrogen and oxygen atoms in total. The third-order valence-corrected chi connectivity index (χ3v) is 5.63. The van der Waals surface area contributed by atoms with Crippen LogP contribution in [0.4, 0.5) is 0 Å². The van der Waals surface area contributed by atoms with Crippen LogP contribution < -0.4 is 5.32 Å². The van der Waals surface area contributed by atoms with Gasteiger partial charge in [0.25, 0.3) is 11.8 Å². The lowest BCUT2D eigenvalue weighted by Crippen LogP contribution is -2.49. The standard InChI is InChI=1S/C21H28N2O5/c1-14-7-3-6-10-17(14)22-18(24)12-28-20(26)21(2,27)13-23-11-15-8-4-5-9-16(15)19(23)25/h4-5,8-9,14,17,27H,3,6-7,10-13H2,1-2H3,(H,22,24). The van der Waals surface area contributed by atoms with E-state index in [4.69, 9.17) is 4.74 Å². The number of carbonyl (C=O) groups is 3. The summed E-state index contributed by atoms with van der Waals surface area (Å²) >= 11 is 0. The van der Waals surface area contributed by atoms with Gasteiger partial charge in [0.05, 0.1) is 6.54 Å². The van der Waals surface area contributed by atoms with Crippen molar-refractivity contribution in [3.63, 3.8) is 0 Å². The average molecular weight is 388 g/mol. The van der Waals surface area contributed by atoms with Crippen molar-refractivity contribution in [2.75, 3.05) is 13.2 Å². The monoisotopic (exact) mass is 388 g/mol. The molecule has 2 aliphatic rings. The second-order valence-electron chi connectivity index (χ2n) is 8.10. The molecule has 0 radical (unpaired) electrons. The highest BCUT2D eigenvalue weighted by atomic mass is 16.6. The number of ether oxygens (including phenoxy) is 1. The molecule has 0 spiro atoms. The highest BCUT2D eigenvalue weighted by molar-refractivity contribution is 5.98. The number of hydrogen-bond acceptors (Lipinski definition) is 5. The summed E-state index contributed by atoms with van der Waals surface area (Å²) in [6.07, 6.45) is 4.25. The van der Waals surface area contributed by atoms with Gasteiger partial charge >= 0.3 is 5.97 Å². The summed E-state index contributed by atoms with van der Waals surface area (Å²) in [5.74, 6) is -1.11. The van der Waals surface area contributed by atoms with Crippen LogP contribution in [0.15, 0.2) is 24.3 Å². The van der Waals surface area contributed by atoms with Crippen molar-refractivity contribution in [1.29, 1.82) is 0 Å². The van der Waals surface area contributed by atoms with Crippen molar-refractivity contribution in [3.8, 4) is 0 Å². The predicted molar refractivity (Wildman–Crippen MR) is 102 cm³/mol. The number of carbonyl (C=O) groups excluding carboxylic acids is 3. The topological polar surface area (TPSA) is 95.9 Å². The summed E-state index contributed by atoms with van der Waals surface area (Å²) in [4.78, 5) is 38.2. The number of nitrogens with zero attached hydrogens (tertiary/aromatic N) is 1. The molecule has 3 rings (SSSR count). The van der Waals surface area contributed by atoms with Gasteiger partial charge in [-0.1, -0.05) is 38.0 Å². The number of hydrogen-bond donors (Lipinski definition) is 2. The normalized spacial score (nSPS) is 23.7. The zero-order valence-corrected chi connectivity index (χ0v) is 16.4. The minimum absolute atomic E-state index is 0.0983. The molecule has 1 saturated carbocycles. The first-order valence-corrected chi connectivity index (χ1v) is 9.84. The molecule has 1 aliphatic heterocycles. The zero-order chi connectivity index (χ0) is 20.3. The molecule has 152 valence electrons. The minimum atomic E-state index is -1.89. The molecule has 1 heterocycles. The largest absolute Gasteiger partial charge is 0.453 e. The molecule has 1 fully saturated rings. The lowest BCUT2D eigenvalue weighted by atomic mass is 9.86. The van der Waals surface area contributed by atoms with Crippen molar-refractivity contribution in [1.82, 2.24) is 10.2 Å². The fraction of sp³-hybridized carbons (Fsp3) is 0.571. The molecule has 1 aromatic rings. The van der Waals surface area contributed by atoms with Gasteiger partial charge in [0.15, 0.2) is 12.2 Å². The number of benzene rings is 1. The van der Waals surface area contributed by atoms with E-state index in [1.54, 1.807) is 12.1 Å². The van der Waals surface area contributed by atoms with E-state index in [2.05, 4.69) is 12.2 Å². The molecule has 28 heavy (non-hydrogen) atoms. The number of amides is 2. The maximum atomic E-state index is 12.4. The quantitative estimate of drug-likeness (QED) is 0.722. The summed E-state index contributed by atoms with van der Waals surface area (Å²) in [7, 11) is 0. The van der Waals surface area contributed by atoms with E-state index < -0.39 is 18.2 Å². The van der Waals surface area contributed by atoms with E-state index in [9.17, 15) is 19.5 Å². The Bertz CT molecular complexity index is 761. The summed E-state index contributed by atoms with van der Waals surface area (Å²) in [5.41, 5.74) is -0.457. The van der Waals surface area contributed by atoms with Gasteiger partial charge in [-0.25, -0.2) is 4.79 Å². The first kappa shape index (κ1) is 20.3. The van der Waals surface area contributed by atoms with Crippen molar-refractivity contribution in [2.24, 2.45) is 5.92 Å². The number of fused-ring (bicyclic) bond motifs is 1. The third kappa shape index (κ3) is 4.52. The highest BCUT2D eigenvalue weighted by Gasteiger charge is 2.39. The van der Waals surface area contributed by atoms with Crippen LogP contribution >= 0.6 is 0 Å². The number of rotatable bonds is 6. The molecule has 2 amide bonds. The van der Waals surface area contributed by atoms with Crippen molar-refractivity contribution < 1.29 is 24.2 Å². The molecule has 1 aliphatic carbocycles. The fourth-order valence-corrected chi connectivity index (χ4v) is 3.94. The van der Waals surface area contributed by atoms with Gasteiger partial charge in [-0.3, -0.25) is 9.59 Å². The maximum Gasteiger partial charge on any atom is 0.340 e. The molecule has 0 saturated heterocycles. The fourth-order valence-electron chi connectivity index (χ4n) is 3.94. The second kappa shape index (κ2) is 8.31. The number of aliphatic hydroxyl groups is 1. The van der Waals surface area contributed by atoms with E-state index in [1.165, 1.54) is 18.2 Å². The van der Waals surface area contributed by atoms with Crippen LogP contribution in [0.2, 0.25) is 0 Å². The van der Waals surface area contributed by atoms with Crippen molar-refractivity contribution in [3.05, 3.63) is 35.4 Å². The molecular weight excluding hydrogens is 360 g/mol. The number of nitrogens with one attached hydrogen (secondary N) is 1. The van der Waals surface area contributed by atoms with Crippen LogP contribution in [0.3, 0.4) is 0 Å². The van der Waals surface area contributed by atoms with E-state index in [0.717, 1.165) is 24.8 Å². The van der Waals surface area contributed by atoms with Crippen LogP contribution in [0, 0.1) is 5.92 Å². The molecule has 7 heteroatoms.